The normalized spacial score (nSPS) is 20.2. The summed E-state index contributed by atoms with van der Waals surface area (Å²) in [5.41, 5.74) is 7.25. The summed E-state index contributed by atoms with van der Waals surface area (Å²) in [6.07, 6.45) is 0. The molecule has 0 saturated carbocycles. The van der Waals surface area contributed by atoms with E-state index in [1.54, 1.807) is 0 Å². The van der Waals surface area contributed by atoms with Gasteiger partial charge in [-0.3, -0.25) is 0 Å². The molecule has 1 aliphatic rings. The average Bonchev–Trinajstić information content (AvgIpc) is 2.15. The van der Waals surface area contributed by atoms with Gasteiger partial charge in [0, 0.05) is 16.3 Å². The van der Waals surface area contributed by atoms with Gasteiger partial charge in [0.25, 0.3) is 0 Å². The third kappa shape index (κ3) is 2.92. The van der Waals surface area contributed by atoms with Crippen molar-refractivity contribution in [3.8, 4) is 0 Å². The van der Waals surface area contributed by atoms with Crippen LogP contribution in [0.5, 0.6) is 0 Å². The molecule has 2 unspecified atom stereocenters. The molecule has 0 radical (unpaired) electrons. The standard InChI is InChI=1S/C12H16ClNOS/c1-8(14)12(16-11-6-15-7-11)9-3-2-4-10(13)5-9/h2-5,8,11-12H,6-7,14H2,1H3. The molecule has 16 heavy (non-hydrogen) atoms. The number of rotatable bonds is 4. The van der Waals surface area contributed by atoms with Gasteiger partial charge >= 0.3 is 0 Å². The molecular formula is C12H16ClNOS. The van der Waals surface area contributed by atoms with Crippen molar-refractivity contribution in [1.29, 1.82) is 0 Å². The molecule has 0 aliphatic carbocycles. The molecule has 2 atom stereocenters. The topological polar surface area (TPSA) is 35.2 Å². The maximum absolute atomic E-state index is 6.04. The first-order chi connectivity index (χ1) is 7.66. The zero-order valence-corrected chi connectivity index (χ0v) is 10.8. The van der Waals surface area contributed by atoms with Crippen LogP contribution in [-0.4, -0.2) is 24.5 Å². The van der Waals surface area contributed by atoms with Crippen molar-refractivity contribution in [3.05, 3.63) is 34.9 Å². The monoisotopic (exact) mass is 257 g/mol. The number of benzene rings is 1. The molecule has 0 bridgehead atoms. The van der Waals surface area contributed by atoms with Crippen LogP contribution in [0.15, 0.2) is 24.3 Å². The van der Waals surface area contributed by atoms with E-state index < -0.39 is 0 Å². The third-order valence-corrected chi connectivity index (χ3v) is 4.49. The second-order valence-corrected chi connectivity index (χ2v) is 6.01. The summed E-state index contributed by atoms with van der Waals surface area (Å²) < 4.78 is 5.19. The Hall–Kier alpha value is -0.220. The Bertz CT molecular complexity index is 355. The fourth-order valence-corrected chi connectivity index (χ4v) is 3.20. The lowest BCUT2D eigenvalue weighted by Crippen LogP contribution is -2.34. The molecule has 2 nitrogen and oxygen atoms in total. The maximum Gasteiger partial charge on any atom is 0.0608 e. The number of halogens is 1. The molecule has 1 aliphatic heterocycles. The van der Waals surface area contributed by atoms with Crippen LogP contribution in [0, 0.1) is 0 Å². The Morgan fingerprint density at radius 3 is 2.75 bits per heavy atom. The number of ether oxygens (including phenoxy) is 1. The molecule has 2 N–H and O–H groups in total. The fourth-order valence-electron chi connectivity index (χ4n) is 1.69. The van der Waals surface area contributed by atoms with Crippen LogP contribution >= 0.6 is 23.4 Å². The summed E-state index contributed by atoms with van der Waals surface area (Å²) in [5, 5.41) is 1.65. The SMILES string of the molecule is CC(N)C(SC1COC1)c1cccc(Cl)c1. The smallest absolute Gasteiger partial charge is 0.0608 e. The Morgan fingerprint density at radius 1 is 1.50 bits per heavy atom. The van der Waals surface area contributed by atoms with Crippen molar-refractivity contribution >= 4 is 23.4 Å². The molecule has 0 spiro atoms. The van der Waals surface area contributed by atoms with Crippen molar-refractivity contribution in [2.75, 3.05) is 13.2 Å². The van der Waals surface area contributed by atoms with E-state index >= 15 is 0 Å². The molecule has 1 aromatic rings. The van der Waals surface area contributed by atoms with Gasteiger partial charge in [-0.1, -0.05) is 23.7 Å². The second-order valence-electron chi connectivity index (χ2n) is 4.13. The van der Waals surface area contributed by atoms with E-state index in [-0.39, 0.29) is 6.04 Å². The Kier molecular flexibility index (Phi) is 4.14. The Balaban J connectivity index is 2.11. The highest BCUT2D eigenvalue weighted by atomic mass is 35.5. The van der Waals surface area contributed by atoms with Gasteiger partial charge in [-0.25, -0.2) is 0 Å². The van der Waals surface area contributed by atoms with Gasteiger partial charge in [0.1, 0.15) is 0 Å². The van der Waals surface area contributed by atoms with Gasteiger partial charge in [-0.15, -0.1) is 11.8 Å². The van der Waals surface area contributed by atoms with Crippen molar-refractivity contribution in [3.63, 3.8) is 0 Å². The van der Waals surface area contributed by atoms with E-state index in [1.165, 1.54) is 5.56 Å². The highest BCUT2D eigenvalue weighted by molar-refractivity contribution is 8.00. The summed E-state index contributed by atoms with van der Waals surface area (Å²) >= 11 is 7.90. The van der Waals surface area contributed by atoms with Crippen molar-refractivity contribution in [2.45, 2.75) is 23.5 Å². The lowest BCUT2D eigenvalue weighted by molar-refractivity contribution is 0.0452. The lowest BCUT2D eigenvalue weighted by atomic mass is 10.1. The van der Waals surface area contributed by atoms with Crippen molar-refractivity contribution < 1.29 is 4.74 Å². The predicted molar refractivity (Wildman–Crippen MR) is 70.0 cm³/mol. The summed E-state index contributed by atoms with van der Waals surface area (Å²) in [6.45, 7) is 3.72. The first-order valence-electron chi connectivity index (χ1n) is 5.41. The highest BCUT2D eigenvalue weighted by Gasteiger charge is 2.26. The van der Waals surface area contributed by atoms with E-state index in [9.17, 15) is 0 Å². The van der Waals surface area contributed by atoms with E-state index in [4.69, 9.17) is 22.1 Å². The number of nitrogens with two attached hydrogens (primary N) is 1. The van der Waals surface area contributed by atoms with E-state index in [1.807, 2.05) is 36.9 Å². The Labute approximate surface area is 105 Å². The van der Waals surface area contributed by atoms with Crippen LogP contribution in [-0.2, 0) is 4.74 Å². The van der Waals surface area contributed by atoms with Gasteiger partial charge in [0.15, 0.2) is 0 Å². The Morgan fingerprint density at radius 2 is 2.25 bits per heavy atom. The lowest BCUT2D eigenvalue weighted by Gasteiger charge is -2.31. The summed E-state index contributed by atoms with van der Waals surface area (Å²) in [6, 6.07) is 8.07. The molecule has 1 fully saturated rings. The molecule has 1 aromatic carbocycles. The zero-order chi connectivity index (χ0) is 11.5. The summed E-state index contributed by atoms with van der Waals surface area (Å²) in [4.78, 5) is 0. The van der Waals surface area contributed by atoms with Gasteiger partial charge in [0.05, 0.1) is 18.5 Å². The van der Waals surface area contributed by atoms with Crippen LogP contribution in [0.2, 0.25) is 5.02 Å². The van der Waals surface area contributed by atoms with E-state index in [0.717, 1.165) is 18.2 Å². The molecule has 1 saturated heterocycles. The van der Waals surface area contributed by atoms with Gasteiger partial charge in [-0.05, 0) is 24.6 Å². The minimum atomic E-state index is 0.115. The average molecular weight is 258 g/mol. The van der Waals surface area contributed by atoms with Gasteiger partial charge in [-0.2, -0.15) is 0 Å². The van der Waals surface area contributed by atoms with Crippen molar-refractivity contribution in [1.82, 2.24) is 0 Å². The molecule has 4 heteroatoms. The van der Waals surface area contributed by atoms with E-state index in [2.05, 4.69) is 6.07 Å². The minimum absolute atomic E-state index is 0.115. The summed E-state index contributed by atoms with van der Waals surface area (Å²) in [5.74, 6) is 0. The van der Waals surface area contributed by atoms with Crippen molar-refractivity contribution in [2.24, 2.45) is 5.73 Å². The first-order valence-corrected chi connectivity index (χ1v) is 6.73. The van der Waals surface area contributed by atoms with Crippen LogP contribution in [0.1, 0.15) is 17.7 Å². The maximum atomic E-state index is 6.04. The zero-order valence-electron chi connectivity index (χ0n) is 9.23. The fraction of sp³-hybridized carbons (Fsp3) is 0.500. The molecular weight excluding hydrogens is 242 g/mol. The van der Waals surface area contributed by atoms with Crippen LogP contribution in [0.4, 0.5) is 0 Å². The van der Waals surface area contributed by atoms with Crippen LogP contribution in [0.25, 0.3) is 0 Å². The largest absolute Gasteiger partial charge is 0.379 e. The van der Waals surface area contributed by atoms with E-state index in [0.29, 0.717) is 10.5 Å². The first kappa shape index (κ1) is 12.2. The molecule has 0 aromatic heterocycles. The molecule has 1 heterocycles. The number of thioether (sulfide) groups is 1. The minimum Gasteiger partial charge on any atom is -0.379 e. The number of hydrogen-bond acceptors (Lipinski definition) is 3. The predicted octanol–water partition coefficient (Wildman–Crippen LogP) is 2.86. The quantitative estimate of drug-likeness (QED) is 0.901. The molecule has 0 amide bonds. The van der Waals surface area contributed by atoms with Gasteiger partial charge in [0.2, 0.25) is 0 Å². The summed E-state index contributed by atoms with van der Waals surface area (Å²) in [7, 11) is 0. The number of hydrogen-bond donors (Lipinski definition) is 1. The van der Waals surface area contributed by atoms with Gasteiger partial charge < -0.3 is 10.5 Å². The second kappa shape index (κ2) is 5.41. The third-order valence-electron chi connectivity index (χ3n) is 2.60. The molecule has 2 rings (SSSR count). The van der Waals surface area contributed by atoms with Crippen LogP contribution in [0.3, 0.4) is 0 Å². The molecule has 88 valence electrons. The van der Waals surface area contributed by atoms with Crippen LogP contribution < -0.4 is 5.73 Å². The highest BCUT2D eigenvalue weighted by Crippen LogP contribution is 2.37.